The van der Waals surface area contributed by atoms with Gasteiger partial charge in [-0.05, 0) is 19.1 Å². The fourth-order valence-corrected chi connectivity index (χ4v) is 3.14. The number of carboxylic acids is 1. The molecule has 0 aliphatic carbocycles. The Labute approximate surface area is 111 Å². The molecule has 1 aromatic carbocycles. The van der Waals surface area contributed by atoms with Gasteiger partial charge in [0.15, 0.2) is 4.34 Å². The van der Waals surface area contributed by atoms with Crippen LogP contribution in [0.2, 0.25) is 0 Å². The third-order valence-corrected chi connectivity index (χ3v) is 4.26. The number of anilines is 1. The van der Waals surface area contributed by atoms with E-state index in [9.17, 15) is 9.18 Å². The maximum absolute atomic E-state index is 13.5. The maximum Gasteiger partial charge on any atom is 0.338 e. The molecule has 0 aliphatic rings. The minimum absolute atomic E-state index is 0.228. The number of thiazole rings is 1. The van der Waals surface area contributed by atoms with Gasteiger partial charge in [-0.1, -0.05) is 11.8 Å². The lowest BCUT2D eigenvalue weighted by Crippen LogP contribution is -2.03. The van der Waals surface area contributed by atoms with E-state index in [1.54, 1.807) is 0 Å². The topological polar surface area (TPSA) is 76.2 Å². The molecule has 1 aromatic heterocycles. The van der Waals surface area contributed by atoms with E-state index in [1.165, 1.54) is 23.1 Å². The molecule has 7 heteroatoms. The molecule has 3 N–H and O–H groups in total. The summed E-state index contributed by atoms with van der Waals surface area (Å²) in [5.74, 6) is -2.13. The van der Waals surface area contributed by atoms with Crippen molar-refractivity contribution in [2.75, 3.05) is 5.73 Å². The minimum atomic E-state index is -1.33. The van der Waals surface area contributed by atoms with Crippen molar-refractivity contribution in [3.63, 3.8) is 0 Å². The van der Waals surface area contributed by atoms with Gasteiger partial charge in [-0.25, -0.2) is 14.2 Å². The third kappa shape index (κ3) is 2.62. The number of benzene rings is 1. The maximum atomic E-state index is 13.5. The summed E-state index contributed by atoms with van der Waals surface area (Å²) in [4.78, 5) is 15.4. The normalized spacial score (nSPS) is 10.6. The predicted octanol–water partition coefficient (Wildman–Crippen LogP) is 3.02. The minimum Gasteiger partial charge on any atom is -0.478 e. The smallest absolute Gasteiger partial charge is 0.338 e. The van der Waals surface area contributed by atoms with Gasteiger partial charge >= 0.3 is 5.97 Å². The van der Waals surface area contributed by atoms with E-state index in [4.69, 9.17) is 10.8 Å². The molecular weight excluding hydrogens is 275 g/mol. The lowest BCUT2D eigenvalue weighted by atomic mass is 10.2. The number of nitrogen functional groups attached to an aromatic ring is 1. The zero-order valence-corrected chi connectivity index (χ0v) is 10.9. The van der Waals surface area contributed by atoms with Gasteiger partial charge in [0, 0.05) is 21.7 Å². The Bertz CT molecular complexity index is 613. The van der Waals surface area contributed by atoms with Crippen molar-refractivity contribution in [3.05, 3.63) is 34.6 Å². The number of aromatic carboxylic acids is 1. The highest BCUT2D eigenvalue weighted by atomic mass is 32.2. The molecule has 18 heavy (non-hydrogen) atoms. The first-order valence-electron chi connectivity index (χ1n) is 4.89. The van der Waals surface area contributed by atoms with Gasteiger partial charge in [0.25, 0.3) is 0 Å². The molecule has 0 spiro atoms. The summed E-state index contributed by atoms with van der Waals surface area (Å²) >= 11 is 2.65. The average Bonchev–Trinajstić information content (AvgIpc) is 2.68. The Balaban J connectivity index is 2.35. The first-order chi connectivity index (χ1) is 8.47. The molecule has 94 valence electrons. The standard InChI is InChI=1S/C11H9FN2O2S2/c1-5-4-17-11(14-5)18-9-3-7(12)6(10(15)16)2-8(9)13/h2-4H,13H2,1H3,(H,15,16). The molecule has 1 heterocycles. The number of hydrogen-bond donors (Lipinski definition) is 2. The molecule has 0 saturated heterocycles. The Hall–Kier alpha value is -1.60. The summed E-state index contributed by atoms with van der Waals surface area (Å²) in [7, 11) is 0. The largest absolute Gasteiger partial charge is 0.478 e. The first-order valence-corrected chi connectivity index (χ1v) is 6.59. The van der Waals surface area contributed by atoms with Crippen LogP contribution in [0.15, 0.2) is 26.7 Å². The number of nitrogens with two attached hydrogens (primary N) is 1. The van der Waals surface area contributed by atoms with E-state index >= 15 is 0 Å². The van der Waals surface area contributed by atoms with Crippen LogP contribution in [0.1, 0.15) is 16.1 Å². The zero-order chi connectivity index (χ0) is 13.3. The number of aromatic nitrogens is 1. The van der Waals surface area contributed by atoms with Gasteiger partial charge in [0.05, 0.1) is 5.56 Å². The second-order valence-electron chi connectivity index (χ2n) is 3.53. The SMILES string of the molecule is Cc1csc(Sc2cc(F)c(C(=O)O)cc2N)n1. The number of carboxylic acid groups (broad SMARTS) is 1. The van der Waals surface area contributed by atoms with E-state index in [2.05, 4.69) is 4.98 Å². The van der Waals surface area contributed by atoms with Crippen LogP contribution < -0.4 is 5.73 Å². The molecule has 2 rings (SSSR count). The van der Waals surface area contributed by atoms with Crippen molar-refractivity contribution in [3.8, 4) is 0 Å². The molecule has 0 saturated carbocycles. The summed E-state index contributed by atoms with van der Waals surface area (Å²) in [6.07, 6.45) is 0. The highest BCUT2D eigenvalue weighted by molar-refractivity contribution is 8.01. The molecule has 0 atom stereocenters. The predicted molar refractivity (Wildman–Crippen MR) is 68.7 cm³/mol. The van der Waals surface area contributed by atoms with E-state index in [0.29, 0.717) is 4.90 Å². The van der Waals surface area contributed by atoms with Gasteiger partial charge in [0.2, 0.25) is 0 Å². The molecule has 0 fully saturated rings. The van der Waals surface area contributed by atoms with Crippen LogP contribution in [0, 0.1) is 12.7 Å². The average molecular weight is 284 g/mol. The van der Waals surface area contributed by atoms with Gasteiger partial charge in [-0.15, -0.1) is 11.3 Å². The first kappa shape index (κ1) is 12.8. The third-order valence-electron chi connectivity index (χ3n) is 2.13. The lowest BCUT2D eigenvalue weighted by molar-refractivity contribution is 0.0692. The fraction of sp³-hybridized carbons (Fsp3) is 0.0909. The molecule has 0 radical (unpaired) electrons. The van der Waals surface area contributed by atoms with Crippen molar-refractivity contribution < 1.29 is 14.3 Å². The van der Waals surface area contributed by atoms with Crippen LogP contribution in [-0.4, -0.2) is 16.1 Å². The summed E-state index contributed by atoms with van der Waals surface area (Å²) in [6.45, 7) is 1.86. The van der Waals surface area contributed by atoms with E-state index in [0.717, 1.165) is 22.2 Å². The van der Waals surface area contributed by atoms with E-state index in [-0.39, 0.29) is 5.69 Å². The van der Waals surface area contributed by atoms with Gasteiger partial charge in [-0.3, -0.25) is 0 Å². The van der Waals surface area contributed by atoms with Crippen molar-refractivity contribution >= 4 is 34.8 Å². The summed E-state index contributed by atoms with van der Waals surface area (Å²) in [5, 5.41) is 10.6. The van der Waals surface area contributed by atoms with Crippen molar-refractivity contribution in [1.29, 1.82) is 0 Å². The van der Waals surface area contributed by atoms with Crippen LogP contribution in [0.3, 0.4) is 0 Å². The van der Waals surface area contributed by atoms with E-state index in [1.807, 2.05) is 12.3 Å². The van der Waals surface area contributed by atoms with Crippen LogP contribution in [-0.2, 0) is 0 Å². The van der Waals surface area contributed by atoms with Crippen molar-refractivity contribution in [1.82, 2.24) is 4.98 Å². The molecule has 0 aliphatic heterocycles. The van der Waals surface area contributed by atoms with Crippen molar-refractivity contribution in [2.45, 2.75) is 16.2 Å². The fourth-order valence-electron chi connectivity index (χ4n) is 1.30. The monoisotopic (exact) mass is 284 g/mol. The second kappa shape index (κ2) is 4.95. The number of carbonyl (C=O) groups is 1. The number of aryl methyl sites for hydroxylation is 1. The summed E-state index contributed by atoms with van der Waals surface area (Å²) < 4.78 is 14.3. The molecule has 0 amide bonds. The van der Waals surface area contributed by atoms with Crippen LogP contribution in [0.25, 0.3) is 0 Å². The number of rotatable bonds is 3. The molecular formula is C11H9FN2O2S2. The highest BCUT2D eigenvalue weighted by Gasteiger charge is 2.15. The van der Waals surface area contributed by atoms with Gasteiger partial charge in [0.1, 0.15) is 5.82 Å². The lowest BCUT2D eigenvalue weighted by Gasteiger charge is -2.05. The van der Waals surface area contributed by atoms with Crippen LogP contribution >= 0.6 is 23.1 Å². The number of nitrogens with zero attached hydrogens (tertiary/aromatic N) is 1. The molecule has 0 unspecified atom stereocenters. The van der Waals surface area contributed by atoms with E-state index < -0.39 is 17.3 Å². The quantitative estimate of drug-likeness (QED) is 0.847. The Morgan fingerprint density at radius 3 is 2.83 bits per heavy atom. The van der Waals surface area contributed by atoms with Gasteiger partial charge in [-0.2, -0.15) is 0 Å². The Morgan fingerprint density at radius 1 is 1.56 bits per heavy atom. The summed E-state index contributed by atoms with van der Waals surface area (Å²) in [6, 6.07) is 2.25. The Kier molecular flexibility index (Phi) is 3.53. The number of hydrogen-bond acceptors (Lipinski definition) is 5. The van der Waals surface area contributed by atoms with Gasteiger partial charge < -0.3 is 10.8 Å². The van der Waals surface area contributed by atoms with Crippen LogP contribution in [0.4, 0.5) is 10.1 Å². The molecule has 0 bridgehead atoms. The van der Waals surface area contributed by atoms with Crippen molar-refractivity contribution in [2.24, 2.45) is 0 Å². The highest BCUT2D eigenvalue weighted by Crippen LogP contribution is 2.35. The second-order valence-corrected chi connectivity index (χ2v) is 5.68. The Morgan fingerprint density at radius 2 is 2.28 bits per heavy atom. The zero-order valence-electron chi connectivity index (χ0n) is 9.31. The summed E-state index contributed by atoms with van der Waals surface area (Å²) in [5.41, 5.74) is 6.39. The molecule has 2 aromatic rings. The van der Waals surface area contributed by atoms with Crippen LogP contribution in [0.5, 0.6) is 0 Å². The molecule has 4 nitrogen and oxygen atoms in total. The number of halogens is 1.